The van der Waals surface area contributed by atoms with Crippen molar-refractivity contribution in [3.63, 3.8) is 0 Å². The molecule has 0 fully saturated rings. The van der Waals surface area contributed by atoms with Gasteiger partial charge in [0.05, 0.1) is 11.4 Å². The molecular weight excluding hydrogens is 240 g/mol. The van der Waals surface area contributed by atoms with Crippen LogP contribution < -0.4 is 0 Å². The highest BCUT2D eigenvalue weighted by Gasteiger charge is 2.03. The van der Waals surface area contributed by atoms with Crippen LogP contribution in [0.3, 0.4) is 0 Å². The maximum Gasteiger partial charge on any atom is 0.110 e. The van der Waals surface area contributed by atoms with Gasteiger partial charge < -0.3 is 0 Å². The van der Waals surface area contributed by atoms with E-state index < -0.39 is 0 Å². The minimum absolute atomic E-state index is 0.987. The minimum atomic E-state index is 0.987. The van der Waals surface area contributed by atoms with Crippen LogP contribution in [0.4, 0.5) is 0 Å². The molecule has 0 unspecified atom stereocenters. The molecule has 0 aliphatic heterocycles. The SMILES string of the molecule is Cc1cccc(-n2nc(C)cc2Br)c1. The van der Waals surface area contributed by atoms with Gasteiger partial charge in [-0.1, -0.05) is 12.1 Å². The monoisotopic (exact) mass is 250 g/mol. The second-order valence-electron chi connectivity index (χ2n) is 3.36. The normalized spacial score (nSPS) is 10.5. The van der Waals surface area contributed by atoms with E-state index in [4.69, 9.17) is 0 Å². The number of benzene rings is 1. The Balaban J connectivity index is 2.54. The summed E-state index contributed by atoms with van der Waals surface area (Å²) < 4.78 is 2.88. The van der Waals surface area contributed by atoms with Crippen molar-refractivity contribution in [2.45, 2.75) is 13.8 Å². The summed E-state index contributed by atoms with van der Waals surface area (Å²) in [6.45, 7) is 4.06. The van der Waals surface area contributed by atoms with E-state index in [9.17, 15) is 0 Å². The highest BCUT2D eigenvalue weighted by atomic mass is 79.9. The molecule has 0 atom stereocenters. The molecule has 1 heterocycles. The quantitative estimate of drug-likeness (QED) is 0.760. The van der Waals surface area contributed by atoms with Crippen molar-refractivity contribution in [1.82, 2.24) is 9.78 Å². The van der Waals surface area contributed by atoms with Crippen LogP contribution in [-0.4, -0.2) is 9.78 Å². The van der Waals surface area contributed by atoms with E-state index in [0.29, 0.717) is 0 Å². The highest BCUT2D eigenvalue weighted by Crippen LogP contribution is 2.18. The van der Waals surface area contributed by atoms with Crippen LogP contribution in [-0.2, 0) is 0 Å². The highest BCUT2D eigenvalue weighted by molar-refractivity contribution is 9.10. The molecule has 2 aromatic rings. The Morgan fingerprint density at radius 3 is 2.57 bits per heavy atom. The lowest BCUT2D eigenvalue weighted by atomic mass is 10.2. The van der Waals surface area contributed by atoms with E-state index in [1.807, 2.05) is 29.8 Å². The van der Waals surface area contributed by atoms with Gasteiger partial charge in [-0.25, -0.2) is 4.68 Å². The molecule has 2 rings (SSSR count). The van der Waals surface area contributed by atoms with Crippen molar-refractivity contribution in [2.24, 2.45) is 0 Å². The molecule has 0 N–H and O–H groups in total. The number of aromatic nitrogens is 2. The summed E-state index contributed by atoms with van der Waals surface area (Å²) in [6, 6.07) is 10.3. The molecule has 0 aliphatic carbocycles. The summed E-state index contributed by atoms with van der Waals surface area (Å²) in [6.07, 6.45) is 0. The van der Waals surface area contributed by atoms with Gasteiger partial charge >= 0.3 is 0 Å². The molecule has 72 valence electrons. The third-order valence-corrected chi connectivity index (χ3v) is 2.60. The summed E-state index contributed by atoms with van der Waals surface area (Å²) in [5.41, 5.74) is 3.34. The standard InChI is InChI=1S/C11H11BrN2/c1-8-4-3-5-10(6-8)14-11(12)7-9(2)13-14/h3-7H,1-2H3. The zero-order valence-corrected chi connectivity index (χ0v) is 9.75. The largest absolute Gasteiger partial charge is 0.226 e. The van der Waals surface area contributed by atoms with Crippen LogP contribution >= 0.6 is 15.9 Å². The molecule has 0 aliphatic rings. The first kappa shape index (κ1) is 9.46. The molecule has 1 aromatic heterocycles. The van der Waals surface area contributed by atoms with Gasteiger partial charge in [0.25, 0.3) is 0 Å². The van der Waals surface area contributed by atoms with E-state index in [0.717, 1.165) is 16.0 Å². The van der Waals surface area contributed by atoms with E-state index in [1.165, 1.54) is 5.56 Å². The topological polar surface area (TPSA) is 17.8 Å². The lowest BCUT2D eigenvalue weighted by Crippen LogP contribution is -1.96. The smallest absolute Gasteiger partial charge is 0.110 e. The summed E-state index contributed by atoms with van der Waals surface area (Å²) in [5.74, 6) is 0. The fraction of sp³-hybridized carbons (Fsp3) is 0.182. The summed E-state index contributed by atoms with van der Waals surface area (Å²) in [5, 5.41) is 4.39. The Bertz CT molecular complexity index is 460. The van der Waals surface area contributed by atoms with Gasteiger partial charge in [0, 0.05) is 0 Å². The average Bonchev–Trinajstić information content (AvgIpc) is 2.45. The summed E-state index contributed by atoms with van der Waals surface area (Å²) >= 11 is 3.48. The van der Waals surface area contributed by atoms with Crippen LogP contribution in [0.25, 0.3) is 5.69 Å². The van der Waals surface area contributed by atoms with Crippen molar-refractivity contribution in [2.75, 3.05) is 0 Å². The first-order chi connectivity index (χ1) is 6.66. The number of nitrogens with zero attached hydrogens (tertiary/aromatic N) is 2. The van der Waals surface area contributed by atoms with Gasteiger partial charge in [-0.15, -0.1) is 0 Å². The first-order valence-corrected chi connectivity index (χ1v) is 5.25. The van der Waals surface area contributed by atoms with E-state index in [-0.39, 0.29) is 0 Å². The number of hydrogen-bond donors (Lipinski definition) is 0. The fourth-order valence-electron chi connectivity index (χ4n) is 1.41. The third-order valence-electron chi connectivity index (χ3n) is 2.03. The molecule has 0 bridgehead atoms. The maximum atomic E-state index is 4.39. The van der Waals surface area contributed by atoms with Crippen LogP contribution in [0.2, 0.25) is 0 Å². The van der Waals surface area contributed by atoms with E-state index in [1.54, 1.807) is 0 Å². The number of aryl methyl sites for hydroxylation is 2. The van der Waals surface area contributed by atoms with Gasteiger partial charge in [-0.3, -0.25) is 0 Å². The van der Waals surface area contributed by atoms with Gasteiger partial charge in [0.15, 0.2) is 0 Å². The maximum absolute atomic E-state index is 4.39. The van der Waals surface area contributed by atoms with E-state index in [2.05, 4.69) is 40.1 Å². The lowest BCUT2D eigenvalue weighted by Gasteiger charge is -2.03. The Morgan fingerprint density at radius 1 is 1.21 bits per heavy atom. The van der Waals surface area contributed by atoms with Crippen LogP contribution in [0, 0.1) is 13.8 Å². The van der Waals surface area contributed by atoms with Crippen molar-refractivity contribution >= 4 is 15.9 Å². The van der Waals surface area contributed by atoms with Gasteiger partial charge in [-0.2, -0.15) is 5.10 Å². The average molecular weight is 251 g/mol. The van der Waals surface area contributed by atoms with Crippen molar-refractivity contribution in [1.29, 1.82) is 0 Å². The zero-order valence-electron chi connectivity index (χ0n) is 8.16. The lowest BCUT2D eigenvalue weighted by molar-refractivity contribution is 0.844. The van der Waals surface area contributed by atoms with Gasteiger partial charge in [0.1, 0.15) is 4.60 Å². The Hall–Kier alpha value is -1.09. The Labute approximate surface area is 91.7 Å². The molecule has 1 aromatic carbocycles. The molecule has 3 heteroatoms. The Morgan fingerprint density at radius 2 is 2.00 bits per heavy atom. The third kappa shape index (κ3) is 1.73. The second kappa shape index (κ2) is 3.58. The summed E-state index contributed by atoms with van der Waals surface area (Å²) in [7, 11) is 0. The zero-order chi connectivity index (χ0) is 10.1. The van der Waals surface area contributed by atoms with E-state index >= 15 is 0 Å². The van der Waals surface area contributed by atoms with Crippen LogP contribution in [0.5, 0.6) is 0 Å². The first-order valence-electron chi connectivity index (χ1n) is 4.46. The molecule has 0 radical (unpaired) electrons. The predicted octanol–water partition coefficient (Wildman–Crippen LogP) is 3.25. The van der Waals surface area contributed by atoms with Crippen LogP contribution in [0.1, 0.15) is 11.3 Å². The Kier molecular flexibility index (Phi) is 2.42. The molecular formula is C11H11BrN2. The van der Waals surface area contributed by atoms with Gasteiger partial charge in [-0.05, 0) is 53.5 Å². The van der Waals surface area contributed by atoms with Crippen molar-refractivity contribution < 1.29 is 0 Å². The number of hydrogen-bond acceptors (Lipinski definition) is 1. The molecule has 14 heavy (non-hydrogen) atoms. The fourth-order valence-corrected chi connectivity index (χ4v) is 2.02. The molecule has 0 spiro atoms. The summed E-state index contributed by atoms with van der Waals surface area (Å²) in [4.78, 5) is 0. The number of rotatable bonds is 1. The molecule has 2 nitrogen and oxygen atoms in total. The molecule has 0 saturated heterocycles. The van der Waals surface area contributed by atoms with Crippen molar-refractivity contribution in [3.05, 3.63) is 46.2 Å². The molecule has 0 amide bonds. The van der Waals surface area contributed by atoms with Crippen molar-refractivity contribution in [3.8, 4) is 5.69 Å². The predicted molar refractivity (Wildman–Crippen MR) is 60.7 cm³/mol. The van der Waals surface area contributed by atoms with Crippen LogP contribution in [0.15, 0.2) is 34.9 Å². The number of halogens is 1. The minimum Gasteiger partial charge on any atom is -0.226 e. The molecule has 0 saturated carbocycles. The van der Waals surface area contributed by atoms with Gasteiger partial charge in [0.2, 0.25) is 0 Å². The second-order valence-corrected chi connectivity index (χ2v) is 4.17.